The molecular weight excluding hydrogens is 289 g/mol. The molecule has 2 rings (SSSR count). The molecule has 0 saturated heterocycles. The van der Waals surface area contributed by atoms with Crippen LogP contribution >= 0.6 is 0 Å². The molecule has 0 unspecified atom stereocenters. The van der Waals surface area contributed by atoms with E-state index in [1.54, 1.807) is 0 Å². The van der Waals surface area contributed by atoms with Crippen LogP contribution in [0.3, 0.4) is 0 Å². The Balaban J connectivity index is 2.22. The van der Waals surface area contributed by atoms with Crippen LogP contribution in [0.1, 0.15) is 11.2 Å². The van der Waals surface area contributed by atoms with E-state index in [-0.39, 0.29) is 11.1 Å². The van der Waals surface area contributed by atoms with Gasteiger partial charge in [0.05, 0.1) is 13.0 Å². The maximum atomic E-state index is 13.0. The number of imidazole rings is 1. The number of carbonyl (C=O) groups excluding carboxylic acids is 1. The molecule has 11 heteroatoms. The van der Waals surface area contributed by atoms with E-state index in [1.165, 1.54) is 12.4 Å². The molecule has 0 aliphatic carbocycles. The topological polar surface area (TPSA) is 133 Å². The van der Waals surface area contributed by atoms with Crippen molar-refractivity contribution in [2.24, 2.45) is 0 Å². The Kier molecular flexibility index (Phi) is 3.73. The van der Waals surface area contributed by atoms with E-state index in [0.717, 1.165) is 4.57 Å². The number of halogens is 1. The number of carbonyl (C=O) groups is 1. The molecule has 0 fully saturated rings. The van der Waals surface area contributed by atoms with Gasteiger partial charge in [0.25, 0.3) is 5.56 Å². The highest BCUT2D eigenvalue weighted by Gasteiger charge is 2.18. The summed E-state index contributed by atoms with van der Waals surface area (Å²) in [5.74, 6) is -2.75. The Bertz CT molecular complexity index is 820. The molecule has 0 spiro atoms. The minimum atomic E-state index is -1.37. The second-order valence-electron chi connectivity index (χ2n) is 3.90. The minimum Gasteiger partial charge on any atom is -0.390 e. The maximum Gasteiger partial charge on any atom is 0.434 e. The van der Waals surface area contributed by atoms with Crippen LogP contribution in [0.15, 0.2) is 28.2 Å². The molecule has 0 bridgehead atoms. The number of H-pyrrole nitrogens is 1. The summed E-state index contributed by atoms with van der Waals surface area (Å²) in [6, 6.07) is 0. The first-order valence-electron chi connectivity index (χ1n) is 5.61. The van der Waals surface area contributed by atoms with Crippen LogP contribution in [-0.2, 0) is 6.54 Å². The van der Waals surface area contributed by atoms with Gasteiger partial charge in [0.1, 0.15) is 12.4 Å². The number of nitro groups is 1. The van der Waals surface area contributed by atoms with Crippen LogP contribution in [0.5, 0.6) is 0 Å². The fourth-order valence-corrected chi connectivity index (χ4v) is 1.65. The SMILES string of the molecule is O=C(CCn1ccnc1[N+](=O)[O-])n1c(=O)[nH]cc(F)c1=O. The van der Waals surface area contributed by atoms with Crippen LogP contribution in [0.4, 0.5) is 10.3 Å². The van der Waals surface area contributed by atoms with E-state index >= 15 is 0 Å². The summed E-state index contributed by atoms with van der Waals surface area (Å²) in [6.07, 6.45) is 2.58. The molecule has 2 aromatic heterocycles. The van der Waals surface area contributed by atoms with Gasteiger partial charge in [0.15, 0.2) is 0 Å². The van der Waals surface area contributed by atoms with E-state index in [1.807, 2.05) is 4.98 Å². The highest BCUT2D eigenvalue weighted by molar-refractivity contribution is 5.78. The quantitative estimate of drug-likeness (QED) is 0.598. The van der Waals surface area contributed by atoms with E-state index in [2.05, 4.69) is 4.98 Å². The molecule has 1 N–H and O–H groups in total. The predicted octanol–water partition coefficient (Wildman–Crippen LogP) is -0.489. The molecule has 110 valence electrons. The first-order chi connectivity index (χ1) is 9.91. The van der Waals surface area contributed by atoms with E-state index < -0.39 is 40.3 Å². The van der Waals surface area contributed by atoms with Crippen LogP contribution in [-0.4, -0.2) is 29.9 Å². The summed E-state index contributed by atoms with van der Waals surface area (Å²) in [4.78, 5) is 49.8. The molecule has 2 aromatic rings. The standard InChI is InChI=1S/C10H8FN5O5/c11-6-5-13-10(19)15(8(6)18)7(17)1-3-14-4-2-12-9(14)16(20)21/h2,4-5H,1,3H2,(H,13,19). The van der Waals surface area contributed by atoms with Gasteiger partial charge in [-0.15, -0.1) is 0 Å². The van der Waals surface area contributed by atoms with E-state index in [9.17, 15) is 28.9 Å². The Hall–Kier alpha value is -3.11. The average molecular weight is 297 g/mol. The molecular formula is C10H8FN5O5. The Morgan fingerprint density at radius 2 is 2.19 bits per heavy atom. The number of hydrogen-bond acceptors (Lipinski definition) is 6. The van der Waals surface area contributed by atoms with Gasteiger partial charge in [-0.05, 0) is 4.92 Å². The lowest BCUT2D eigenvalue weighted by molar-refractivity contribution is -0.396. The van der Waals surface area contributed by atoms with Crippen molar-refractivity contribution < 1.29 is 14.1 Å². The first-order valence-corrected chi connectivity index (χ1v) is 5.61. The smallest absolute Gasteiger partial charge is 0.390 e. The summed E-state index contributed by atoms with van der Waals surface area (Å²) < 4.78 is 14.2. The molecule has 10 nitrogen and oxygen atoms in total. The molecule has 0 radical (unpaired) electrons. The van der Waals surface area contributed by atoms with Gasteiger partial charge in [0.2, 0.25) is 11.7 Å². The van der Waals surface area contributed by atoms with Crippen LogP contribution in [0.2, 0.25) is 0 Å². The molecule has 0 atom stereocenters. The van der Waals surface area contributed by atoms with Crippen molar-refractivity contribution in [3.8, 4) is 0 Å². The molecule has 0 aromatic carbocycles. The van der Waals surface area contributed by atoms with Gasteiger partial charge in [-0.2, -0.15) is 8.96 Å². The number of rotatable bonds is 4. The molecule has 0 amide bonds. The Morgan fingerprint density at radius 3 is 2.86 bits per heavy atom. The molecule has 0 saturated carbocycles. The minimum absolute atomic E-state index is 0.109. The first kappa shape index (κ1) is 14.3. The van der Waals surface area contributed by atoms with Crippen LogP contribution < -0.4 is 11.2 Å². The van der Waals surface area contributed by atoms with E-state index in [0.29, 0.717) is 6.20 Å². The molecule has 21 heavy (non-hydrogen) atoms. The number of aryl methyl sites for hydroxylation is 1. The van der Waals surface area contributed by atoms with Crippen molar-refractivity contribution in [2.75, 3.05) is 0 Å². The maximum absolute atomic E-state index is 13.0. The monoisotopic (exact) mass is 297 g/mol. The third-order valence-electron chi connectivity index (χ3n) is 2.61. The van der Waals surface area contributed by atoms with Gasteiger partial charge in [0, 0.05) is 6.20 Å². The van der Waals surface area contributed by atoms with E-state index in [4.69, 9.17) is 0 Å². The summed E-state index contributed by atoms with van der Waals surface area (Å²) in [6.45, 7) is -0.183. The lowest BCUT2D eigenvalue weighted by Crippen LogP contribution is -2.41. The fourth-order valence-electron chi connectivity index (χ4n) is 1.65. The number of aromatic nitrogens is 4. The van der Waals surface area contributed by atoms with Gasteiger partial charge < -0.3 is 15.1 Å². The van der Waals surface area contributed by atoms with Crippen LogP contribution in [0, 0.1) is 15.9 Å². The Labute approximate surface area is 114 Å². The zero-order valence-corrected chi connectivity index (χ0v) is 10.4. The number of aromatic amines is 1. The van der Waals surface area contributed by atoms with Crippen molar-refractivity contribution in [3.05, 3.63) is 55.4 Å². The van der Waals surface area contributed by atoms with Gasteiger partial charge in [-0.3, -0.25) is 9.59 Å². The van der Waals surface area contributed by atoms with Crippen molar-refractivity contribution in [1.29, 1.82) is 0 Å². The predicted molar refractivity (Wildman–Crippen MR) is 65.4 cm³/mol. The Morgan fingerprint density at radius 1 is 1.48 bits per heavy atom. The number of nitrogens with zero attached hydrogens (tertiary/aromatic N) is 4. The zero-order chi connectivity index (χ0) is 15.6. The second-order valence-corrected chi connectivity index (χ2v) is 3.90. The largest absolute Gasteiger partial charge is 0.434 e. The number of nitrogens with one attached hydrogen (secondary N) is 1. The van der Waals surface area contributed by atoms with Gasteiger partial charge in [-0.1, -0.05) is 4.98 Å². The highest BCUT2D eigenvalue weighted by atomic mass is 19.1. The van der Waals surface area contributed by atoms with Crippen molar-refractivity contribution in [2.45, 2.75) is 13.0 Å². The summed E-state index contributed by atoms with van der Waals surface area (Å²) in [7, 11) is 0. The lowest BCUT2D eigenvalue weighted by Gasteiger charge is -2.03. The molecule has 0 aliphatic rings. The summed E-state index contributed by atoms with van der Waals surface area (Å²) in [5, 5.41) is 10.6. The lowest BCUT2D eigenvalue weighted by atomic mass is 10.4. The summed E-state index contributed by atoms with van der Waals surface area (Å²) >= 11 is 0. The van der Waals surface area contributed by atoms with Crippen molar-refractivity contribution >= 4 is 11.9 Å². The van der Waals surface area contributed by atoms with Gasteiger partial charge in [-0.25, -0.2) is 9.36 Å². The van der Waals surface area contributed by atoms with Crippen LogP contribution in [0.25, 0.3) is 0 Å². The summed E-state index contributed by atoms with van der Waals surface area (Å²) in [5.41, 5.74) is -2.45. The fraction of sp³-hybridized carbons (Fsp3) is 0.200. The average Bonchev–Trinajstić information content (AvgIpc) is 2.89. The third-order valence-corrected chi connectivity index (χ3v) is 2.61. The van der Waals surface area contributed by atoms with Crippen molar-refractivity contribution in [1.82, 2.24) is 19.1 Å². The van der Waals surface area contributed by atoms with Gasteiger partial charge >= 0.3 is 11.6 Å². The number of hydrogen-bond donors (Lipinski definition) is 1. The third kappa shape index (κ3) is 2.75. The highest BCUT2D eigenvalue weighted by Crippen LogP contribution is 2.08. The second kappa shape index (κ2) is 5.48. The normalized spacial score (nSPS) is 10.5. The zero-order valence-electron chi connectivity index (χ0n) is 10.4. The molecule has 0 aliphatic heterocycles. The molecule has 2 heterocycles. The van der Waals surface area contributed by atoms with Crippen molar-refractivity contribution in [3.63, 3.8) is 0 Å².